The molecule has 0 bridgehead atoms. The van der Waals surface area contributed by atoms with Crippen molar-refractivity contribution in [3.05, 3.63) is 54.0 Å². The van der Waals surface area contributed by atoms with Gasteiger partial charge in [-0.1, -0.05) is 12.1 Å². The molecular weight excluding hydrogens is 407 g/mol. The van der Waals surface area contributed by atoms with Gasteiger partial charge in [0.1, 0.15) is 24.1 Å². The number of nitrogens with zero attached hydrogens (tertiary/aromatic N) is 4. The van der Waals surface area contributed by atoms with Crippen LogP contribution in [0.5, 0.6) is 0 Å². The molecule has 6 nitrogen and oxygen atoms in total. The highest BCUT2D eigenvalue weighted by atomic mass is 19.4. The van der Waals surface area contributed by atoms with Crippen molar-refractivity contribution < 1.29 is 18.0 Å². The van der Waals surface area contributed by atoms with Gasteiger partial charge in [-0.3, -0.25) is 4.90 Å². The maximum absolute atomic E-state index is 12.9. The van der Waals surface area contributed by atoms with Crippen LogP contribution in [0.2, 0.25) is 0 Å². The van der Waals surface area contributed by atoms with Crippen molar-refractivity contribution in [3.63, 3.8) is 0 Å². The number of carbonyl (C=O) groups is 1. The molecule has 0 radical (unpaired) electrons. The van der Waals surface area contributed by atoms with E-state index in [4.69, 9.17) is 0 Å². The van der Waals surface area contributed by atoms with E-state index in [2.05, 4.69) is 24.8 Å². The second-order valence-corrected chi connectivity index (χ2v) is 8.53. The van der Waals surface area contributed by atoms with E-state index in [0.29, 0.717) is 18.7 Å². The standard InChI is InChI=1S/C22H22F3N5O/c23-22(24,25)16-3-1-15(2-4-16)18(11-31)29-9-10-30(13-21(12-29)6-7-21)20-17-5-8-26-19(17)27-14-28-20/h1-5,8,11,14,18H,6-7,9-10,12-13H2,(H,26,27,28). The quantitative estimate of drug-likeness (QED) is 0.639. The average molecular weight is 429 g/mol. The van der Waals surface area contributed by atoms with E-state index in [-0.39, 0.29) is 5.41 Å². The van der Waals surface area contributed by atoms with Gasteiger partial charge in [-0.05, 0) is 36.6 Å². The van der Waals surface area contributed by atoms with Crippen molar-refractivity contribution in [1.82, 2.24) is 19.9 Å². The molecule has 2 aliphatic rings. The first-order chi connectivity index (χ1) is 14.9. The van der Waals surface area contributed by atoms with Crippen molar-refractivity contribution in [2.45, 2.75) is 25.1 Å². The molecule has 1 spiro atoms. The first-order valence-corrected chi connectivity index (χ1v) is 10.3. The predicted molar refractivity (Wildman–Crippen MR) is 110 cm³/mol. The monoisotopic (exact) mass is 429 g/mol. The van der Waals surface area contributed by atoms with Crippen LogP contribution >= 0.6 is 0 Å². The van der Waals surface area contributed by atoms with E-state index in [1.807, 2.05) is 12.3 Å². The highest BCUT2D eigenvalue weighted by Gasteiger charge is 2.48. The lowest BCUT2D eigenvalue weighted by Gasteiger charge is -2.29. The van der Waals surface area contributed by atoms with Gasteiger partial charge in [0.25, 0.3) is 0 Å². The molecule has 1 aliphatic heterocycles. The van der Waals surface area contributed by atoms with Gasteiger partial charge < -0.3 is 14.7 Å². The van der Waals surface area contributed by atoms with Gasteiger partial charge in [-0.25, -0.2) is 9.97 Å². The molecule has 1 saturated carbocycles. The molecule has 5 rings (SSSR count). The van der Waals surface area contributed by atoms with Gasteiger partial charge in [0, 0.05) is 37.8 Å². The summed E-state index contributed by atoms with van der Waals surface area (Å²) in [5, 5.41) is 0.960. The highest BCUT2D eigenvalue weighted by Crippen LogP contribution is 2.49. The van der Waals surface area contributed by atoms with E-state index < -0.39 is 17.8 Å². The van der Waals surface area contributed by atoms with Crippen molar-refractivity contribution >= 4 is 23.1 Å². The number of aromatic nitrogens is 3. The second kappa shape index (κ2) is 7.33. The number of anilines is 1. The van der Waals surface area contributed by atoms with Gasteiger partial charge in [0.2, 0.25) is 0 Å². The number of aldehydes is 1. The van der Waals surface area contributed by atoms with E-state index in [0.717, 1.165) is 61.2 Å². The lowest BCUT2D eigenvalue weighted by Crippen LogP contribution is -2.35. The van der Waals surface area contributed by atoms with E-state index in [1.54, 1.807) is 6.33 Å². The number of aromatic amines is 1. The summed E-state index contributed by atoms with van der Waals surface area (Å²) in [4.78, 5) is 28.3. The Labute approximate surface area is 177 Å². The fraction of sp³-hybridized carbons (Fsp3) is 0.409. The molecule has 1 aromatic carbocycles. The first kappa shape index (κ1) is 20.0. The minimum Gasteiger partial charge on any atom is -0.354 e. The number of hydrogen-bond donors (Lipinski definition) is 1. The number of fused-ring (bicyclic) bond motifs is 1. The van der Waals surface area contributed by atoms with Crippen LogP contribution in [0, 0.1) is 5.41 Å². The largest absolute Gasteiger partial charge is 0.416 e. The SMILES string of the molecule is O=CC(c1ccc(C(F)(F)F)cc1)N1CCN(c2ncnc3[nH]ccc23)CC2(CC2)C1. The average Bonchev–Trinajstić information content (AvgIpc) is 3.38. The highest BCUT2D eigenvalue weighted by molar-refractivity contribution is 5.87. The molecule has 3 heterocycles. The Morgan fingerprint density at radius 1 is 1.06 bits per heavy atom. The van der Waals surface area contributed by atoms with Gasteiger partial charge in [-0.15, -0.1) is 0 Å². The second-order valence-electron chi connectivity index (χ2n) is 8.53. The summed E-state index contributed by atoms with van der Waals surface area (Å²) in [6, 6.07) is 6.31. The maximum atomic E-state index is 12.9. The van der Waals surface area contributed by atoms with Crippen LogP contribution in [-0.4, -0.2) is 52.3 Å². The molecule has 1 N–H and O–H groups in total. The van der Waals surface area contributed by atoms with Crippen LogP contribution in [0.15, 0.2) is 42.9 Å². The van der Waals surface area contributed by atoms with Crippen molar-refractivity contribution in [2.24, 2.45) is 5.41 Å². The fourth-order valence-corrected chi connectivity index (χ4v) is 4.56. The minimum absolute atomic E-state index is 0.0667. The summed E-state index contributed by atoms with van der Waals surface area (Å²) in [6.45, 7) is 2.85. The molecule has 3 aromatic rings. The zero-order chi connectivity index (χ0) is 21.6. The number of carbonyl (C=O) groups excluding carboxylic acids is 1. The number of nitrogens with one attached hydrogen (secondary N) is 1. The smallest absolute Gasteiger partial charge is 0.354 e. The van der Waals surface area contributed by atoms with Gasteiger partial charge >= 0.3 is 6.18 Å². The van der Waals surface area contributed by atoms with Crippen LogP contribution in [-0.2, 0) is 11.0 Å². The molecular formula is C22H22F3N5O. The van der Waals surface area contributed by atoms with Crippen LogP contribution < -0.4 is 4.90 Å². The molecule has 1 saturated heterocycles. The van der Waals surface area contributed by atoms with Gasteiger partial charge in [0.15, 0.2) is 0 Å². The molecule has 2 aromatic heterocycles. The normalized spacial score (nSPS) is 20.0. The lowest BCUT2D eigenvalue weighted by atomic mass is 10.0. The third-order valence-corrected chi connectivity index (χ3v) is 6.41. The third kappa shape index (κ3) is 3.78. The Morgan fingerprint density at radius 3 is 2.52 bits per heavy atom. The number of hydrogen-bond acceptors (Lipinski definition) is 5. The van der Waals surface area contributed by atoms with Crippen molar-refractivity contribution in [3.8, 4) is 0 Å². The third-order valence-electron chi connectivity index (χ3n) is 6.41. The van der Waals surface area contributed by atoms with Gasteiger partial charge in [0.05, 0.1) is 17.0 Å². The molecule has 9 heteroatoms. The molecule has 0 amide bonds. The Bertz CT molecular complexity index is 1090. The number of alkyl halides is 3. The summed E-state index contributed by atoms with van der Waals surface area (Å²) in [5.41, 5.74) is 0.728. The summed E-state index contributed by atoms with van der Waals surface area (Å²) >= 11 is 0. The number of H-pyrrole nitrogens is 1. The number of rotatable bonds is 4. The van der Waals surface area contributed by atoms with Crippen LogP contribution in [0.3, 0.4) is 0 Å². The zero-order valence-electron chi connectivity index (χ0n) is 16.8. The maximum Gasteiger partial charge on any atom is 0.416 e. The summed E-state index contributed by atoms with van der Waals surface area (Å²) in [6.07, 6.45) is 1.94. The Kier molecular flexibility index (Phi) is 4.73. The molecule has 1 unspecified atom stereocenters. The Balaban J connectivity index is 1.41. The van der Waals surface area contributed by atoms with Crippen molar-refractivity contribution in [1.29, 1.82) is 0 Å². The van der Waals surface area contributed by atoms with Gasteiger partial charge in [-0.2, -0.15) is 13.2 Å². The van der Waals surface area contributed by atoms with Crippen LogP contribution in [0.1, 0.15) is 30.0 Å². The fourth-order valence-electron chi connectivity index (χ4n) is 4.56. The Hall–Kier alpha value is -2.94. The summed E-state index contributed by atoms with van der Waals surface area (Å²) < 4.78 is 38.7. The molecule has 162 valence electrons. The number of benzene rings is 1. The lowest BCUT2D eigenvalue weighted by molar-refractivity contribution is -0.137. The predicted octanol–water partition coefficient (Wildman–Crippen LogP) is 3.82. The van der Waals surface area contributed by atoms with E-state index in [1.165, 1.54) is 12.1 Å². The molecule has 1 atom stereocenters. The zero-order valence-corrected chi connectivity index (χ0v) is 16.8. The first-order valence-electron chi connectivity index (χ1n) is 10.3. The Morgan fingerprint density at radius 2 is 1.84 bits per heavy atom. The summed E-state index contributed by atoms with van der Waals surface area (Å²) in [7, 11) is 0. The van der Waals surface area contributed by atoms with Crippen LogP contribution in [0.25, 0.3) is 11.0 Å². The van der Waals surface area contributed by atoms with E-state index in [9.17, 15) is 18.0 Å². The minimum atomic E-state index is -4.39. The summed E-state index contributed by atoms with van der Waals surface area (Å²) in [5.74, 6) is 0.872. The molecule has 31 heavy (non-hydrogen) atoms. The van der Waals surface area contributed by atoms with Crippen LogP contribution in [0.4, 0.5) is 19.0 Å². The van der Waals surface area contributed by atoms with E-state index >= 15 is 0 Å². The molecule has 2 fully saturated rings. The van der Waals surface area contributed by atoms with Crippen molar-refractivity contribution in [2.75, 3.05) is 31.1 Å². The topological polar surface area (TPSA) is 65.1 Å². The number of halogens is 3. The molecule has 1 aliphatic carbocycles.